The van der Waals surface area contributed by atoms with Crippen LogP contribution < -0.4 is 5.43 Å². The molecule has 1 aromatic carbocycles. The quantitative estimate of drug-likeness (QED) is 0.795. The minimum absolute atomic E-state index is 0.0221. The van der Waals surface area contributed by atoms with Crippen molar-refractivity contribution >= 4 is 11.6 Å². The zero-order valence-electron chi connectivity index (χ0n) is 9.56. The molecule has 0 unspecified atom stereocenters. The fraction of sp³-hybridized carbons (Fsp3) is 0.273. The lowest BCUT2D eigenvalue weighted by molar-refractivity contribution is -0.143. The molecule has 0 spiro atoms. The van der Waals surface area contributed by atoms with Crippen molar-refractivity contribution in [3.63, 3.8) is 0 Å². The summed E-state index contributed by atoms with van der Waals surface area (Å²) in [6, 6.07) is 1.09. The van der Waals surface area contributed by atoms with Crippen LogP contribution in [0.4, 0.5) is 26.3 Å². The maximum atomic E-state index is 12.6. The van der Waals surface area contributed by atoms with Crippen LogP contribution in [0, 0.1) is 0 Å². The van der Waals surface area contributed by atoms with Gasteiger partial charge >= 0.3 is 12.4 Å². The van der Waals surface area contributed by atoms with Gasteiger partial charge < -0.3 is 0 Å². The Morgan fingerprint density at radius 1 is 0.950 bits per heavy atom. The van der Waals surface area contributed by atoms with Crippen LogP contribution in [0.3, 0.4) is 0 Å². The lowest BCUT2D eigenvalue weighted by Gasteiger charge is -2.13. The summed E-state index contributed by atoms with van der Waals surface area (Å²) in [5, 5.41) is 3.42. The SMILES string of the molecule is O=C1CC(c2cc(C(F)(F)F)cc(C(F)(F)F)c2)=NN1. The van der Waals surface area contributed by atoms with E-state index >= 15 is 0 Å². The molecule has 0 bridgehead atoms. The topological polar surface area (TPSA) is 41.5 Å². The third-order valence-corrected chi connectivity index (χ3v) is 2.56. The Bertz CT molecular complexity index is 555. The average molecular weight is 296 g/mol. The highest BCUT2D eigenvalue weighted by Gasteiger charge is 2.37. The number of rotatable bonds is 1. The van der Waals surface area contributed by atoms with Gasteiger partial charge in [0.1, 0.15) is 0 Å². The Hall–Kier alpha value is -2.06. The van der Waals surface area contributed by atoms with Gasteiger partial charge in [0.2, 0.25) is 5.91 Å². The van der Waals surface area contributed by atoms with E-state index in [2.05, 4.69) is 5.10 Å². The summed E-state index contributed by atoms with van der Waals surface area (Å²) in [5.41, 5.74) is -1.45. The highest BCUT2D eigenvalue weighted by molar-refractivity contribution is 6.13. The summed E-state index contributed by atoms with van der Waals surface area (Å²) in [5.74, 6) is -0.592. The third kappa shape index (κ3) is 2.91. The first-order valence-corrected chi connectivity index (χ1v) is 5.22. The van der Waals surface area contributed by atoms with Crippen LogP contribution in [0.5, 0.6) is 0 Å². The minimum atomic E-state index is -4.92. The molecule has 108 valence electrons. The van der Waals surface area contributed by atoms with E-state index in [-0.39, 0.29) is 23.8 Å². The van der Waals surface area contributed by atoms with E-state index < -0.39 is 29.4 Å². The van der Waals surface area contributed by atoms with Crippen LogP contribution in [0.1, 0.15) is 23.1 Å². The van der Waals surface area contributed by atoms with Gasteiger partial charge in [0.05, 0.1) is 23.3 Å². The van der Waals surface area contributed by atoms with E-state index in [4.69, 9.17) is 0 Å². The lowest BCUT2D eigenvalue weighted by Crippen LogP contribution is -2.13. The lowest BCUT2D eigenvalue weighted by atomic mass is 10.0. The maximum Gasteiger partial charge on any atom is 0.416 e. The number of nitrogens with one attached hydrogen (secondary N) is 1. The second-order valence-electron chi connectivity index (χ2n) is 4.06. The second-order valence-corrected chi connectivity index (χ2v) is 4.06. The van der Waals surface area contributed by atoms with Gasteiger partial charge in [-0.25, -0.2) is 5.43 Å². The van der Waals surface area contributed by atoms with Gasteiger partial charge in [0.15, 0.2) is 0 Å². The number of amides is 1. The van der Waals surface area contributed by atoms with Crippen molar-refractivity contribution in [2.75, 3.05) is 0 Å². The summed E-state index contributed by atoms with van der Waals surface area (Å²) < 4.78 is 75.7. The maximum absolute atomic E-state index is 12.6. The monoisotopic (exact) mass is 296 g/mol. The summed E-state index contributed by atoms with van der Waals surface area (Å²) >= 11 is 0. The molecule has 1 aromatic rings. The van der Waals surface area contributed by atoms with Gasteiger partial charge in [0, 0.05) is 0 Å². The minimum Gasteiger partial charge on any atom is -0.273 e. The van der Waals surface area contributed by atoms with Crippen LogP contribution in [-0.2, 0) is 17.1 Å². The van der Waals surface area contributed by atoms with Gasteiger partial charge in [-0.1, -0.05) is 0 Å². The first-order chi connectivity index (χ1) is 9.07. The van der Waals surface area contributed by atoms with Crippen LogP contribution in [0.25, 0.3) is 0 Å². The number of hydrogen-bond donors (Lipinski definition) is 1. The molecule has 2 rings (SSSR count). The molecule has 3 nitrogen and oxygen atoms in total. The van der Waals surface area contributed by atoms with Gasteiger partial charge in [0.25, 0.3) is 0 Å². The summed E-state index contributed by atoms with van der Waals surface area (Å²) in [6.07, 6.45) is -10.2. The zero-order chi connectivity index (χ0) is 15.1. The Labute approximate surface area is 108 Å². The number of halogens is 6. The van der Waals surface area contributed by atoms with Crippen molar-refractivity contribution < 1.29 is 31.1 Å². The van der Waals surface area contributed by atoms with Crippen molar-refractivity contribution in [2.45, 2.75) is 18.8 Å². The largest absolute Gasteiger partial charge is 0.416 e. The van der Waals surface area contributed by atoms with Gasteiger partial charge in [-0.3, -0.25) is 4.79 Å². The Morgan fingerprint density at radius 2 is 1.45 bits per heavy atom. The van der Waals surface area contributed by atoms with Crippen molar-refractivity contribution in [3.05, 3.63) is 34.9 Å². The van der Waals surface area contributed by atoms with Crippen LogP contribution in [0.15, 0.2) is 23.3 Å². The van der Waals surface area contributed by atoms with Crippen molar-refractivity contribution in [2.24, 2.45) is 5.10 Å². The molecule has 0 saturated heterocycles. The normalized spacial score (nSPS) is 16.1. The molecule has 0 aliphatic carbocycles. The van der Waals surface area contributed by atoms with Crippen molar-refractivity contribution in [3.8, 4) is 0 Å². The molecule has 1 N–H and O–H groups in total. The Kier molecular flexibility index (Phi) is 3.23. The second kappa shape index (κ2) is 4.50. The van der Waals surface area contributed by atoms with Gasteiger partial charge in [-0.05, 0) is 23.8 Å². The molecule has 0 atom stereocenters. The molecule has 9 heteroatoms. The van der Waals surface area contributed by atoms with E-state index in [0.29, 0.717) is 12.1 Å². The smallest absolute Gasteiger partial charge is 0.273 e. The Morgan fingerprint density at radius 3 is 1.80 bits per heavy atom. The number of carbonyl (C=O) groups excluding carboxylic acids is 1. The van der Waals surface area contributed by atoms with Crippen molar-refractivity contribution in [1.82, 2.24) is 5.43 Å². The number of benzene rings is 1. The molecular formula is C11H6F6N2O. The molecule has 1 amide bonds. The van der Waals surface area contributed by atoms with Crippen LogP contribution in [0.2, 0.25) is 0 Å². The molecule has 0 saturated carbocycles. The number of alkyl halides is 6. The van der Waals surface area contributed by atoms with E-state index in [1.165, 1.54) is 0 Å². The molecule has 1 heterocycles. The average Bonchev–Trinajstić information content (AvgIpc) is 2.73. The summed E-state index contributed by atoms with van der Waals surface area (Å²) in [6.45, 7) is 0. The predicted molar refractivity (Wildman–Crippen MR) is 55.7 cm³/mol. The van der Waals surface area contributed by atoms with Crippen LogP contribution >= 0.6 is 0 Å². The summed E-state index contributed by atoms with van der Waals surface area (Å²) in [7, 11) is 0. The fourth-order valence-corrected chi connectivity index (χ4v) is 1.65. The highest BCUT2D eigenvalue weighted by Crippen LogP contribution is 2.36. The molecule has 0 radical (unpaired) electrons. The number of carbonyl (C=O) groups is 1. The number of hydrazone groups is 1. The molecule has 1 aliphatic heterocycles. The first-order valence-electron chi connectivity index (χ1n) is 5.22. The zero-order valence-corrected chi connectivity index (χ0v) is 9.56. The van der Waals surface area contributed by atoms with E-state index in [0.717, 1.165) is 0 Å². The molecule has 1 aliphatic rings. The summed E-state index contributed by atoms with van der Waals surface area (Å²) in [4.78, 5) is 10.9. The van der Waals surface area contributed by atoms with E-state index in [1.807, 2.05) is 5.43 Å². The van der Waals surface area contributed by atoms with Gasteiger partial charge in [-0.2, -0.15) is 31.4 Å². The van der Waals surface area contributed by atoms with E-state index in [9.17, 15) is 31.1 Å². The fourth-order valence-electron chi connectivity index (χ4n) is 1.65. The molecule has 0 aromatic heterocycles. The molecular weight excluding hydrogens is 290 g/mol. The van der Waals surface area contributed by atoms with Crippen molar-refractivity contribution in [1.29, 1.82) is 0 Å². The highest BCUT2D eigenvalue weighted by atomic mass is 19.4. The standard InChI is InChI=1S/C11H6F6N2O/c12-10(13,14)6-1-5(8-4-9(20)19-18-8)2-7(3-6)11(15,16)17/h1-3H,4H2,(H,19,20). The van der Waals surface area contributed by atoms with Crippen LogP contribution in [-0.4, -0.2) is 11.6 Å². The first kappa shape index (κ1) is 14.4. The third-order valence-electron chi connectivity index (χ3n) is 2.56. The molecule has 0 fully saturated rings. The number of nitrogens with zero attached hydrogens (tertiary/aromatic N) is 1. The molecule has 20 heavy (non-hydrogen) atoms. The number of hydrogen-bond acceptors (Lipinski definition) is 2. The van der Waals surface area contributed by atoms with Gasteiger partial charge in [-0.15, -0.1) is 0 Å². The van der Waals surface area contributed by atoms with E-state index in [1.54, 1.807) is 0 Å². The predicted octanol–water partition coefficient (Wildman–Crippen LogP) is 2.95. The Balaban J connectivity index is 2.55.